The molecule has 2 N–H and O–H groups in total. The second-order valence-electron chi connectivity index (χ2n) is 6.42. The van der Waals surface area contributed by atoms with Gasteiger partial charge in [-0.3, -0.25) is 5.10 Å². The molecule has 0 unspecified atom stereocenters. The zero-order valence-corrected chi connectivity index (χ0v) is 14.9. The smallest absolute Gasteiger partial charge is 0.211 e. The van der Waals surface area contributed by atoms with Gasteiger partial charge in [-0.25, -0.2) is 12.7 Å². The minimum Gasteiger partial charge on any atom is -0.460 e. The van der Waals surface area contributed by atoms with Gasteiger partial charge in [0.25, 0.3) is 0 Å². The Morgan fingerprint density at radius 2 is 2.12 bits per heavy atom. The molecular formula is C16H24N4O3S. The van der Waals surface area contributed by atoms with Gasteiger partial charge >= 0.3 is 0 Å². The zero-order valence-electron chi connectivity index (χ0n) is 14.1. The van der Waals surface area contributed by atoms with Crippen molar-refractivity contribution in [1.82, 2.24) is 19.8 Å². The van der Waals surface area contributed by atoms with Crippen LogP contribution in [-0.2, 0) is 16.6 Å². The fourth-order valence-corrected chi connectivity index (χ4v) is 3.96. The molecule has 3 heterocycles. The van der Waals surface area contributed by atoms with Crippen LogP contribution >= 0.6 is 0 Å². The number of aromatic nitrogens is 2. The van der Waals surface area contributed by atoms with Crippen LogP contribution in [0.5, 0.6) is 0 Å². The van der Waals surface area contributed by atoms with E-state index < -0.39 is 10.0 Å². The second-order valence-corrected chi connectivity index (χ2v) is 8.40. The van der Waals surface area contributed by atoms with E-state index in [-0.39, 0.29) is 0 Å². The molecule has 1 aliphatic heterocycles. The fraction of sp³-hybridized carbons (Fsp3) is 0.562. The molecule has 0 aliphatic carbocycles. The average Bonchev–Trinajstić information content (AvgIpc) is 3.15. The number of furan rings is 1. The number of aryl methyl sites for hydroxylation is 1. The van der Waals surface area contributed by atoms with E-state index in [1.54, 1.807) is 4.31 Å². The van der Waals surface area contributed by atoms with Crippen LogP contribution in [0.15, 0.2) is 22.7 Å². The van der Waals surface area contributed by atoms with Gasteiger partial charge in [0.15, 0.2) is 5.76 Å². The van der Waals surface area contributed by atoms with E-state index in [4.69, 9.17) is 4.42 Å². The van der Waals surface area contributed by atoms with Crippen LogP contribution in [0.1, 0.15) is 24.2 Å². The molecule has 0 radical (unpaired) electrons. The van der Waals surface area contributed by atoms with Crippen LogP contribution in [0.3, 0.4) is 0 Å². The van der Waals surface area contributed by atoms with Crippen molar-refractivity contribution in [2.75, 3.05) is 25.9 Å². The average molecular weight is 352 g/mol. The lowest BCUT2D eigenvalue weighted by Gasteiger charge is -2.30. The van der Waals surface area contributed by atoms with Crippen molar-refractivity contribution in [2.45, 2.75) is 26.3 Å². The highest BCUT2D eigenvalue weighted by Gasteiger charge is 2.24. The highest BCUT2D eigenvalue weighted by molar-refractivity contribution is 7.88. The Bertz CT molecular complexity index is 773. The van der Waals surface area contributed by atoms with Gasteiger partial charge in [-0.05, 0) is 44.4 Å². The topological polar surface area (TPSA) is 91.2 Å². The van der Waals surface area contributed by atoms with Crippen LogP contribution in [0.25, 0.3) is 11.5 Å². The number of hydrogen-bond donors (Lipinski definition) is 2. The number of sulfonamides is 1. The molecule has 2 aromatic heterocycles. The first-order valence-corrected chi connectivity index (χ1v) is 10.0. The molecule has 0 aromatic carbocycles. The molecular weight excluding hydrogens is 328 g/mol. The lowest BCUT2D eigenvalue weighted by atomic mass is 9.98. The van der Waals surface area contributed by atoms with Crippen LogP contribution in [-0.4, -0.2) is 48.8 Å². The van der Waals surface area contributed by atoms with E-state index in [2.05, 4.69) is 15.5 Å². The summed E-state index contributed by atoms with van der Waals surface area (Å²) < 4.78 is 30.3. The largest absolute Gasteiger partial charge is 0.460 e. The first-order valence-electron chi connectivity index (χ1n) is 8.18. The van der Waals surface area contributed by atoms with Crippen LogP contribution in [0.2, 0.25) is 0 Å². The standard InChI is InChI=1S/C16H24N4O3S/c1-12-3-4-15(23-12)16-14(11-18-19-16)10-17-9-13-5-7-20(8-6-13)24(2,21)22/h3-4,11,13,17H,5-10H2,1-2H3,(H,18,19). The molecule has 8 heteroatoms. The van der Waals surface area contributed by atoms with Crippen molar-refractivity contribution in [1.29, 1.82) is 0 Å². The summed E-state index contributed by atoms with van der Waals surface area (Å²) in [5.41, 5.74) is 1.97. The predicted octanol–water partition coefficient (Wildman–Crippen LogP) is 1.74. The summed E-state index contributed by atoms with van der Waals surface area (Å²) in [6.45, 7) is 4.74. The van der Waals surface area contributed by atoms with Crippen molar-refractivity contribution >= 4 is 10.0 Å². The van der Waals surface area contributed by atoms with Crippen molar-refractivity contribution in [3.05, 3.63) is 29.7 Å². The van der Waals surface area contributed by atoms with Crippen molar-refractivity contribution in [3.63, 3.8) is 0 Å². The van der Waals surface area contributed by atoms with Gasteiger partial charge in [0.2, 0.25) is 10.0 Å². The van der Waals surface area contributed by atoms with Crippen LogP contribution < -0.4 is 5.32 Å². The molecule has 7 nitrogen and oxygen atoms in total. The van der Waals surface area contributed by atoms with Crippen molar-refractivity contribution < 1.29 is 12.8 Å². The number of aromatic amines is 1. The number of hydrogen-bond acceptors (Lipinski definition) is 5. The molecule has 24 heavy (non-hydrogen) atoms. The number of rotatable bonds is 6. The predicted molar refractivity (Wildman–Crippen MR) is 91.9 cm³/mol. The second kappa shape index (κ2) is 7.08. The molecule has 0 saturated carbocycles. The highest BCUT2D eigenvalue weighted by Crippen LogP contribution is 2.23. The Hall–Kier alpha value is -1.64. The molecule has 1 saturated heterocycles. The number of nitrogens with zero attached hydrogens (tertiary/aromatic N) is 2. The summed E-state index contributed by atoms with van der Waals surface area (Å²) in [7, 11) is -3.05. The minimum atomic E-state index is -3.05. The molecule has 0 spiro atoms. The normalized spacial score (nSPS) is 17.4. The maximum absolute atomic E-state index is 11.5. The quantitative estimate of drug-likeness (QED) is 0.826. The summed E-state index contributed by atoms with van der Waals surface area (Å²) in [5.74, 6) is 2.17. The lowest BCUT2D eigenvalue weighted by Crippen LogP contribution is -2.40. The Kier molecular flexibility index (Phi) is 5.07. The van der Waals surface area contributed by atoms with E-state index in [0.29, 0.717) is 25.6 Å². The van der Waals surface area contributed by atoms with Crippen molar-refractivity contribution in [2.24, 2.45) is 5.92 Å². The Morgan fingerprint density at radius 1 is 1.38 bits per heavy atom. The third kappa shape index (κ3) is 4.06. The van der Waals surface area contributed by atoms with E-state index >= 15 is 0 Å². The molecule has 2 aromatic rings. The van der Waals surface area contributed by atoms with Crippen LogP contribution in [0.4, 0.5) is 0 Å². The molecule has 0 atom stereocenters. The third-order valence-electron chi connectivity index (χ3n) is 4.50. The molecule has 1 aliphatic rings. The maximum atomic E-state index is 11.5. The number of H-pyrrole nitrogens is 1. The number of nitrogens with one attached hydrogen (secondary N) is 2. The highest BCUT2D eigenvalue weighted by atomic mass is 32.2. The van der Waals surface area contributed by atoms with Gasteiger partial charge in [0, 0.05) is 25.2 Å². The first kappa shape index (κ1) is 17.2. The summed E-state index contributed by atoms with van der Waals surface area (Å²) in [6.07, 6.45) is 4.89. The Balaban J connectivity index is 1.49. The lowest BCUT2D eigenvalue weighted by molar-refractivity contribution is 0.268. The summed E-state index contributed by atoms with van der Waals surface area (Å²) in [4.78, 5) is 0. The minimum absolute atomic E-state index is 0.504. The van der Waals surface area contributed by atoms with E-state index in [9.17, 15) is 8.42 Å². The summed E-state index contributed by atoms with van der Waals surface area (Å²) in [5, 5.41) is 10.6. The molecule has 0 bridgehead atoms. The van der Waals surface area contributed by atoms with Crippen molar-refractivity contribution in [3.8, 4) is 11.5 Å². The van der Waals surface area contributed by atoms with Gasteiger partial charge in [0.05, 0.1) is 12.5 Å². The van der Waals surface area contributed by atoms with E-state index in [1.165, 1.54) is 6.26 Å². The van der Waals surface area contributed by atoms with Gasteiger partial charge in [0.1, 0.15) is 11.5 Å². The van der Waals surface area contributed by atoms with E-state index in [1.807, 2.05) is 25.3 Å². The molecule has 3 rings (SSSR count). The van der Waals surface area contributed by atoms with Gasteiger partial charge < -0.3 is 9.73 Å². The van der Waals surface area contributed by atoms with Gasteiger partial charge in [-0.2, -0.15) is 5.10 Å². The van der Waals surface area contributed by atoms with Gasteiger partial charge in [-0.15, -0.1) is 0 Å². The van der Waals surface area contributed by atoms with Gasteiger partial charge in [-0.1, -0.05) is 0 Å². The maximum Gasteiger partial charge on any atom is 0.211 e. The molecule has 132 valence electrons. The zero-order chi connectivity index (χ0) is 17.2. The first-order chi connectivity index (χ1) is 11.4. The molecule has 0 amide bonds. The Labute approximate surface area is 142 Å². The van der Waals surface area contributed by atoms with Crippen LogP contribution in [0, 0.1) is 12.8 Å². The summed E-state index contributed by atoms with van der Waals surface area (Å²) >= 11 is 0. The monoisotopic (exact) mass is 352 g/mol. The van der Waals surface area contributed by atoms with E-state index in [0.717, 1.165) is 42.2 Å². The summed E-state index contributed by atoms with van der Waals surface area (Å²) in [6, 6.07) is 3.87. The fourth-order valence-electron chi connectivity index (χ4n) is 3.08. The SMILES string of the molecule is Cc1ccc(-c2[nH]ncc2CNCC2CCN(S(C)(=O)=O)CC2)o1. The third-order valence-corrected chi connectivity index (χ3v) is 5.80. The number of piperidine rings is 1. The Morgan fingerprint density at radius 3 is 2.75 bits per heavy atom. The molecule has 1 fully saturated rings.